The standard InChI is InChI=1S/C27H24P.2ClH/c1-5-14-24(15-6-1)16-13-23-28(25-17-7-2-8-18-25,26-19-9-3-10-20-26)27-21-11-4-12-22-27;;/h1-22H,23H2;2*1H/q+1;;. The summed E-state index contributed by atoms with van der Waals surface area (Å²) < 4.78 is 0. The number of allylic oxidation sites excluding steroid dienone is 1. The molecule has 30 heavy (non-hydrogen) atoms. The van der Waals surface area contributed by atoms with Gasteiger partial charge < -0.3 is 0 Å². The maximum Gasteiger partial charge on any atom is 0.115 e. The number of hydrogen-bond acceptors (Lipinski definition) is 0. The molecule has 4 aromatic rings. The predicted octanol–water partition coefficient (Wildman–Crippen LogP) is 6.54. The zero-order valence-corrected chi connectivity index (χ0v) is 19.2. The molecule has 4 rings (SSSR count). The molecule has 0 heterocycles. The summed E-state index contributed by atoms with van der Waals surface area (Å²) in [4.78, 5) is 0. The van der Waals surface area contributed by atoms with E-state index in [2.05, 4.69) is 133 Å². The Kier molecular flexibility index (Phi) is 9.34. The summed E-state index contributed by atoms with van der Waals surface area (Å²) in [5, 5.41) is 4.26. The lowest BCUT2D eigenvalue weighted by Gasteiger charge is -2.26. The van der Waals surface area contributed by atoms with Crippen LogP contribution in [0, 0.1) is 0 Å². The van der Waals surface area contributed by atoms with Gasteiger partial charge in [-0.3, -0.25) is 0 Å². The molecule has 0 atom stereocenters. The molecule has 0 fully saturated rings. The van der Waals surface area contributed by atoms with E-state index in [1.54, 1.807) is 0 Å². The number of rotatable bonds is 6. The van der Waals surface area contributed by atoms with Crippen LogP contribution in [0.2, 0.25) is 0 Å². The molecule has 0 N–H and O–H groups in total. The van der Waals surface area contributed by atoms with Gasteiger partial charge in [-0.25, -0.2) is 0 Å². The Labute approximate surface area is 192 Å². The predicted molar refractivity (Wildman–Crippen MR) is 140 cm³/mol. The summed E-state index contributed by atoms with van der Waals surface area (Å²) in [6, 6.07) is 43.6. The van der Waals surface area contributed by atoms with Gasteiger partial charge in [0.2, 0.25) is 0 Å². The lowest BCUT2D eigenvalue weighted by Crippen LogP contribution is -2.32. The Morgan fingerprint density at radius 2 is 0.800 bits per heavy atom. The van der Waals surface area contributed by atoms with E-state index < -0.39 is 7.26 Å². The third-order valence-electron chi connectivity index (χ3n) is 5.08. The Bertz CT molecular complexity index is 921. The van der Waals surface area contributed by atoms with E-state index in [1.807, 2.05) is 0 Å². The maximum atomic E-state index is 2.36. The van der Waals surface area contributed by atoms with E-state index >= 15 is 0 Å². The van der Waals surface area contributed by atoms with E-state index in [9.17, 15) is 0 Å². The number of benzene rings is 4. The molecule has 0 aliphatic rings. The second-order valence-corrected chi connectivity index (χ2v) is 10.3. The summed E-state index contributed by atoms with van der Waals surface area (Å²) in [5.41, 5.74) is 1.25. The van der Waals surface area contributed by atoms with Gasteiger partial charge in [0, 0.05) is 0 Å². The smallest absolute Gasteiger partial charge is 0.115 e. The van der Waals surface area contributed by atoms with Crippen LogP contribution >= 0.6 is 32.1 Å². The fraction of sp³-hybridized carbons (Fsp3) is 0.0370. The third-order valence-corrected chi connectivity index (χ3v) is 9.38. The highest BCUT2D eigenvalue weighted by molar-refractivity contribution is 7.95. The molecule has 4 aromatic carbocycles. The van der Waals surface area contributed by atoms with Crippen LogP contribution < -0.4 is 15.9 Å². The minimum absolute atomic E-state index is 0. The van der Waals surface area contributed by atoms with Crippen LogP contribution in [0.15, 0.2) is 127 Å². The number of hydrogen-bond donors (Lipinski definition) is 0. The highest BCUT2D eigenvalue weighted by Gasteiger charge is 2.43. The molecule has 0 spiro atoms. The first kappa shape index (κ1) is 23.9. The average molecular weight is 452 g/mol. The summed E-state index contributed by atoms with van der Waals surface area (Å²) in [7, 11) is -1.78. The summed E-state index contributed by atoms with van der Waals surface area (Å²) >= 11 is 0. The van der Waals surface area contributed by atoms with E-state index in [4.69, 9.17) is 0 Å². The zero-order chi connectivity index (χ0) is 19.1. The lowest BCUT2D eigenvalue weighted by atomic mass is 10.2. The Balaban J connectivity index is 0.00000160. The molecule has 0 bridgehead atoms. The average Bonchev–Trinajstić information content (AvgIpc) is 2.79. The molecule has 0 nitrogen and oxygen atoms in total. The minimum Gasteiger partial charge on any atom is -0.147 e. The van der Waals surface area contributed by atoms with Gasteiger partial charge in [0.05, 0.1) is 6.16 Å². The fourth-order valence-corrected chi connectivity index (χ4v) is 7.71. The van der Waals surface area contributed by atoms with Crippen molar-refractivity contribution in [2.45, 2.75) is 0 Å². The van der Waals surface area contributed by atoms with Crippen LogP contribution in [0.1, 0.15) is 5.56 Å². The molecule has 0 aliphatic carbocycles. The van der Waals surface area contributed by atoms with Crippen LogP contribution in [-0.2, 0) is 0 Å². The molecule has 0 radical (unpaired) electrons. The largest absolute Gasteiger partial charge is 0.147 e. The lowest BCUT2D eigenvalue weighted by molar-refractivity contribution is 1.63. The monoisotopic (exact) mass is 451 g/mol. The van der Waals surface area contributed by atoms with Gasteiger partial charge in [-0.15, -0.1) is 24.8 Å². The van der Waals surface area contributed by atoms with Gasteiger partial charge in [-0.05, 0) is 48.0 Å². The summed E-state index contributed by atoms with van der Waals surface area (Å²) in [6.07, 6.45) is 5.61. The molecular weight excluding hydrogens is 426 g/mol. The first-order valence-corrected chi connectivity index (χ1v) is 11.6. The zero-order valence-electron chi connectivity index (χ0n) is 16.7. The molecule has 0 amide bonds. The molecule has 0 unspecified atom stereocenters. The van der Waals surface area contributed by atoms with Crippen molar-refractivity contribution in [3.63, 3.8) is 0 Å². The van der Waals surface area contributed by atoms with Crippen molar-refractivity contribution in [1.82, 2.24) is 0 Å². The van der Waals surface area contributed by atoms with Gasteiger partial charge in [0.15, 0.2) is 0 Å². The van der Waals surface area contributed by atoms with Crippen LogP contribution in [-0.4, -0.2) is 6.16 Å². The molecule has 0 aliphatic heterocycles. The topological polar surface area (TPSA) is 0 Å². The van der Waals surface area contributed by atoms with Crippen molar-refractivity contribution in [3.05, 3.63) is 133 Å². The molecule has 152 valence electrons. The van der Waals surface area contributed by atoms with Crippen molar-refractivity contribution in [2.75, 3.05) is 6.16 Å². The van der Waals surface area contributed by atoms with E-state index in [1.165, 1.54) is 21.5 Å². The Morgan fingerprint density at radius 1 is 0.467 bits per heavy atom. The van der Waals surface area contributed by atoms with E-state index in [0.717, 1.165) is 6.16 Å². The first-order valence-electron chi connectivity index (χ1n) is 9.66. The van der Waals surface area contributed by atoms with Crippen LogP contribution in [0.3, 0.4) is 0 Å². The van der Waals surface area contributed by atoms with Crippen LogP contribution in [0.25, 0.3) is 6.08 Å². The van der Waals surface area contributed by atoms with E-state index in [-0.39, 0.29) is 24.8 Å². The summed E-state index contributed by atoms with van der Waals surface area (Å²) in [6.45, 7) is 0. The molecule has 0 saturated carbocycles. The fourth-order valence-electron chi connectivity index (χ4n) is 3.72. The Morgan fingerprint density at radius 3 is 1.17 bits per heavy atom. The highest BCUT2D eigenvalue weighted by Crippen LogP contribution is 2.55. The molecular formula is C27H26Cl2P+. The second-order valence-electron chi connectivity index (χ2n) is 6.81. The van der Waals surface area contributed by atoms with Crippen molar-refractivity contribution < 1.29 is 0 Å². The van der Waals surface area contributed by atoms with Crippen molar-refractivity contribution >= 4 is 54.1 Å². The van der Waals surface area contributed by atoms with Gasteiger partial charge in [0.25, 0.3) is 0 Å². The van der Waals surface area contributed by atoms with Crippen molar-refractivity contribution in [3.8, 4) is 0 Å². The molecule has 0 aromatic heterocycles. The minimum atomic E-state index is -1.78. The quantitative estimate of drug-likeness (QED) is 0.292. The van der Waals surface area contributed by atoms with Gasteiger partial charge in [-0.1, -0.05) is 91.0 Å². The van der Waals surface area contributed by atoms with Gasteiger partial charge in [-0.2, -0.15) is 0 Å². The van der Waals surface area contributed by atoms with Crippen molar-refractivity contribution in [2.24, 2.45) is 0 Å². The SMILES string of the molecule is C(=Cc1ccccc1)C[P+](c1ccccc1)(c1ccccc1)c1ccccc1.Cl.Cl. The Hall–Kier alpha value is -2.37. The van der Waals surface area contributed by atoms with Crippen LogP contribution in [0.4, 0.5) is 0 Å². The van der Waals surface area contributed by atoms with Gasteiger partial charge >= 0.3 is 0 Å². The third kappa shape index (κ3) is 5.21. The molecule has 0 saturated heterocycles. The second kappa shape index (κ2) is 11.7. The number of halogens is 2. The highest BCUT2D eigenvalue weighted by atomic mass is 35.5. The first-order chi connectivity index (χ1) is 13.9. The van der Waals surface area contributed by atoms with Crippen molar-refractivity contribution in [1.29, 1.82) is 0 Å². The summed E-state index contributed by atoms with van der Waals surface area (Å²) in [5.74, 6) is 0. The molecule has 3 heteroatoms. The van der Waals surface area contributed by atoms with Crippen LogP contribution in [0.5, 0.6) is 0 Å². The van der Waals surface area contributed by atoms with Gasteiger partial charge in [0.1, 0.15) is 23.2 Å². The normalized spacial score (nSPS) is 10.8. The maximum absolute atomic E-state index is 2.36. The van der Waals surface area contributed by atoms with E-state index in [0.29, 0.717) is 0 Å².